The predicted molar refractivity (Wildman–Crippen MR) is 73.1 cm³/mol. The lowest BCUT2D eigenvalue weighted by Crippen LogP contribution is -2.02. The van der Waals surface area contributed by atoms with Gasteiger partial charge in [0.25, 0.3) is 5.69 Å². The SMILES string of the molecule is CNc1nc(C)nc(C)c1-c1ccc([N+](=O)[O-])cc1. The molecule has 98 valence electrons. The Balaban J connectivity index is 2.55. The van der Waals surface area contributed by atoms with Gasteiger partial charge in [-0.1, -0.05) is 0 Å². The highest BCUT2D eigenvalue weighted by atomic mass is 16.6. The number of aryl methyl sites for hydroxylation is 2. The van der Waals surface area contributed by atoms with Gasteiger partial charge >= 0.3 is 0 Å². The van der Waals surface area contributed by atoms with E-state index in [9.17, 15) is 10.1 Å². The van der Waals surface area contributed by atoms with Crippen molar-refractivity contribution in [2.45, 2.75) is 13.8 Å². The van der Waals surface area contributed by atoms with E-state index in [2.05, 4.69) is 15.3 Å². The second-order valence-electron chi connectivity index (χ2n) is 4.13. The van der Waals surface area contributed by atoms with Gasteiger partial charge in [0.2, 0.25) is 0 Å². The molecule has 0 saturated heterocycles. The number of hydrogen-bond acceptors (Lipinski definition) is 5. The molecule has 1 heterocycles. The summed E-state index contributed by atoms with van der Waals surface area (Å²) in [5.41, 5.74) is 2.63. The molecule has 0 aliphatic heterocycles. The fourth-order valence-electron chi connectivity index (χ4n) is 1.99. The van der Waals surface area contributed by atoms with E-state index < -0.39 is 4.92 Å². The van der Waals surface area contributed by atoms with Gasteiger partial charge in [0, 0.05) is 24.7 Å². The Bertz CT molecular complexity index is 623. The van der Waals surface area contributed by atoms with E-state index in [1.54, 1.807) is 19.2 Å². The van der Waals surface area contributed by atoms with Crippen LogP contribution in [0.15, 0.2) is 24.3 Å². The number of aromatic nitrogens is 2. The monoisotopic (exact) mass is 258 g/mol. The Kier molecular flexibility index (Phi) is 3.41. The summed E-state index contributed by atoms with van der Waals surface area (Å²) in [4.78, 5) is 18.9. The largest absolute Gasteiger partial charge is 0.373 e. The first-order chi connectivity index (χ1) is 9.02. The molecule has 0 radical (unpaired) electrons. The Morgan fingerprint density at radius 1 is 1.16 bits per heavy atom. The summed E-state index contributed by atoms with van der Waals surface area (Å²) in [5, 5.41) is 13.7. The van der Waals surface area contributed by atoms with Crippen LogP contribution in [0.2, 0.25) is 0 Å². The zero-order valence-corrected chi connectivity index (χ0v) is 11.0. The smallest absolute Gasteiger partial charge is 0.269 e. The normalized spacial score (nSPS) is 10.3. The van der Waals surface area contributed by atoms with E-state index in [0.717, 1.165) is 22.6 Å². The molecule has 1 aromatic carbocycles. The number of benzene rings is 1. The molecule has 0 aliphatic rings. The number of anilines is 1. The van der Waals surface area contributed by atoms with Crippen LogP contribution in [0, 0.1) is 24.0 Å². The van der Waals surface area contributed by atoms with Crippen LogP contribution in [0.4, 0.5) is 11.5 Å². The minimum Gasteiger partial charge on any atom is -0.373 e. The quantitative estimate of drug-likeness (QED) is 0.676. The third kappa shape index (κ3) is 2.52. The molecule has 0 spiro atoms. The van der Waals surface area contributed by atoms with Crippen molar-refractivity contribution >= 4 is 11.5 Å². The highest BCUT2D eigenvalue weighted by molar-refractivity contribution is 5.77. The van der Waals surface area contributed by atoms with E-state index in [-0.39, 0.29) is 5.69 Å². The van der Waals surface area contributed by atoms with Crippen molar-refractivity contribution in [3.63, 3.8) is 0 Å². The maximum Gasteiger partial charge on any atom is 0.269 e. The Morgan fingerprint density at radius 3 is 2.32 bits per heavy atom. The van der Waals surface area contributed by atoms with Crippen molar-refractivity contribution in [3.05, 3.63) is 45.9 Å². The Morgan fingerprint density at radius 2 is 1.79 bits per heavy atom. The summed E-state index contributed by atoms with van der Waals surface area (Å²) < 4.78 is 0. The van der Waals surface area contributed by atoms with Gasteiger partial charge in [0.05, 0.1) is 10.6 Å². The number of hydrogen-bond donors (Lipinski definition) is 1. The predicted octanol–water partition coefficient (Wildman–Crippen LogP) is 2.71. The lowest BCUT2D eigenvalue weighted by atomic mass is 10.0. The minimum atomic E-state index is -0.415. The van der Waals surface area contributed by atoms with Gasteiger partial charge < -0.3 is 5.32 Å². The van der Waals surface area contributed by atoms with Gasteiger partial charge in [-0.3, -0.25) is 10.1 Å². The molecule has 2 rings (SSSR count). The number of nitro benzene ring substituents is 1. The summed E-state index contributed by atoms with van der Waals surface area (Å²) in [6.07, 6.45) is 0. The molecule has 2 aromatic rings. The van der Waals surface area contributed by atoms with Crippen molar-refractivity contribution < 1.29 is 4.92 Å². The van der Waals surface area contributed by atoms with Crippen LogP contribution in [-0.4, -0.2) is 21.9 Å². The highest BCUT2D eigenvalue weighted by Gasteiger charge is 2.13. The summed E-state index contributed by atoms with van der Waals surface area (Å²) in [6, 6.07) is 6.38. The van der Waals surface area contributed by atoms with E-state index in [0.29, 0.717) is 5.82 Å². The van der Waals surface area contributed by atoms with Crippen LogP contribution < -0.4 is 5.32 Å². The van der Waals surface area contributed by atoms with Crippen LogP contribution in [-0.2, 0) is 0 Å². The van der Waals surface area contributed by atoms with E-state index in [4.69, 9.17) is 0 Å². The van der Waals surface area contributed by atoms with Crippen LogP contribution in [0.3, 0.4) is 0 Å². The van der Waals surface area contributed by atoms with Gasteiger partial charge in [0.1, 0.15) is 11.6 Å². The number of nitrogens with one attached hydrogen (secondary N) is 1. The van der Waals surface area contributed by atoms with Gasteiger partial charge in [-0.2, -0.15) is 0 Å². The van der Waals surface area contributed by atoms with Crippen molar-refractivity contribution in [1.29, 1.82) is 0 Å². The average molecular weight is 258 g/mol. The van der Waals surface area contributed by atoms with E-state index in [1.807, 2.05) is 13.8 Å². The second-order valence-corrected chi connectivity index (χ2v) is 4.13. The molecule has 6 heteroatoms. The second kappa shape index (κ2) is 5.01. The van der Waals surface area contributed by atoms with E-state index >= 15 is 0 Å². The third-order valence-electron chi connectivity index (χ3n) is 2.81. The Labute approximate surface area is 110 Å². The van der Waals surface area contributed by atoms with Crippen LogP contribution in [0.25, 0.3) is 11.1 Å². The standard InChI is InChI=1S/C13H14N4O2/c1-8-12(13(14-3)16-9(2)15-8)10-4-6-11(7-5-10)17(18)19/h4-7H,1-3H3,(H,14,15,16). The van der Waals surface area contributed by atoms with Gasteiger partial charge in [0.15, 0.2) is 0 Å². The topological polar surface area (TPSA) is 81.0 Å². The molecule has 0 bridgehead atoms. The van der Waals surface area contributed by atoms with Crippen LogP contribution in [0.5, 0.6) is 0 Å². The molecule has 19 heavy (non-hydrogen) atoms. The zero-order valence-electron chi connectivity index (χ0n) is 11.0. The lowest BCUT2D eigenvalue weighted by molar-refractivity contribution is -0.384. The Hall–Kier alpha value is -2.50. The highest BCUT2D eigenvalue weighted by Crippen LogP contribution is 2.30. The molecule has 0 amide bonds. The minimum absolute atomic E-state index is 0.0699. The average Bonchev–Trinajstić information content (AvgIpc) is 2.38. The van der Waals surface area contributed by atoms with Gasteiger partial charge in [-0.25, -0.2) is 9.97 Å². The first-order valence-corrected chi connectivity index (χ1v) is 5.80. The van der Waals surface area contributed by atoms with E-state index in [1.165, 1.54) is 12.1 Å². The molecule has 0 saturated carbocycles. The number of rotatable bonds is 3. The molecule has 1 N–H and O–H groups in total. The van der Waals surface area contributed by atoms with Crippen molar-refractivity contribution in [1.82, 2.24) is 9.97 Å². The number of non-ortho nitro benzene ring substituents is 1. The van der Waals surface area contributed by atoms with Gasteiger partial charge in [-0.05, 0) is 31.5 Å². The molecule has 0 aliphatic carbocycles. The summed E-state index contributed by atoms with van der Waals surface area (Å²) in [7, 11) is 1.79. The van der Waals surface area contributed by atoms with Crippen LogP contribution in [0.1, 0.15) is 11.5 Å². The number of nitro groups is 1. The summed E-state index contributed by atoms with van der Waals surface area (Å²) >= 11 is 0. The lowest BCUT2D eigenvalue weighted by Gasteiger charge is -2.11. The van der Waals surface area contributed by atoms with Crippen molar-refractivity contribution in [3.8, 4) is 11.1 Å². The van der Waals surface area contributed by atoms with Crippen molar-refractivity contribution in [2.24, 2.45) is 0 Å². The van der Waals surface area contributed by atoms with Gasteiger partial charge in [-0.15, -0.1) is 0 Å². The summed E-state index contributed by atoms with van der Waals surface area (Å²) in [6.45, 7) is 3.72. The molecular formula is C13H14N4O2. The maximum atomic E-state index is 10.7. The first kappa shape index (κ1) is 12.9. The third-order valence-corrected chi connectivity index (χ3v) is 2.81. The molecule has 1 aromatic heterocycles. The molecule has 6 nitrogen and oxygen atoms in total. The fraction of sp³-hybridized carbons (Fsp3) is 0.231. The van der Waals surface area contributed by atoms with Crippen LogP contribution >= 0.6 is 0 Å². The molecular weight excluding hydrogens is 244 g/mol. The molecule has 0 unspecified atom stereocenters. The molecule has 0 atom stereocenters. The summed E-state index contributed by atoms with van der Waals surface area (Å²) in [5.74, 6) is 1.41. The molecule has 0 fully saturated rings. The zero-order chi connectivity index (χ0) is 14.0. The first-order valence-electron chi connectivity index (χ1n) is 5.80. The number of nitrogens with zero attached hydrogens (tertiary/aromatic N) is 3. The van der Waals surface area contributed by atoms with Crippen molar-refractivity contribution in [2.75, 3.05) is 12.4 Å². The fourth-order valence-corrected chi connectivity index (χ4v) is 1.99. The maximum absolute atomic E-state index is 10.7.